The molecule has 1 aromatic carbocycles. The molecule has 0 saturated carbocycles. The Morgan fingerprint density at radius 1 is 1.35 bits per heavy atom. The van der Waals surface area contributed by atoms with Crippen LogP contribution in [0, 0.1) is 26.9 Å². The lowest BCUT2D eigenvalue weighted by atomic mass is 9.82. The van der Waals surface area contributed by atoms with Gasteiger partial charge in [-0.2, -0.15) is 5.26 Å². The number of nitriles is 1. The average Bonchev–Trinajstić information content (AvgIpc) is 2.47. The molecular weight excluding hydrogens is 356 g/mol. The zero-order valence-corrected chi connectivity index (χ0v) is 16.3. The van der Waals surface area contributed by atoms with E-state index in [1.807, 2.05) is 19.9 Å². The second-order valence-electron chi connectivity index (χ2n) is 7.81. The van der Waals surface area contributed by atoms with Crippen LogP contribution in [0.3, 0.4) is 0 Å². The molecule has 8 heteroatoms. The van der Waals surface area contributed by atoms with Crippen LogP contribution in [-0.4, -0.2) is 16.4 Å². The highest BCUT2D eigenvalue weighted by molar-refractivity contribution is 6.34. The van der Waals surface area contributed by atoms with E-state index in [1.165, 1.54) is 18.3 Å². The Morgan fingerprint density at radius 2 is 1.96 bits per heavy atom. The molecule has 0 fully saturated rings. The number of carbonyl (C=O) groups is 1. The van der Waals surface area contributed by atoms with Gasteiger partial charge in [-0.25, -0.2) is 0 Å². The molecule has 2 N–H and O–H groups in total. The number of non-ortho nitro benzene ring substituents is 1. The minimum absolute atomic E-state index is 0.0654. The molecule has 0 aromatic heterocycles. The third-order valence-electron chi connectivity index (χ3n) is 3.35. The van der Waals surface area contributed by atoms with Crippen LogP contribution >= 0.6 is 11.6 Å². The van der Waals surface area contributed by atoms with Gasteiger partial charge in [0.15, 0.2) is 0 Å². The SMILES string of the molecule is CC(C)(C)CC(C)(C)N/C=C(/C#N)C(=O)Nc1cc([N+](=O)[O-])ccc1Cl. The molecule has 7 nitrogen and oxygen atoms in total. The predicted octanol–water partition coefficient (Wildman–Crippen LogP) is 4.40. The van der Waals surface area contributed by atoms with Gasteiger partial charge in [0.1, 0.15) is 11.6 Å². The molecule has 140 valence electrons. The first-order valence-electron chi connectivity index (χ1n) is 7.98. The van der Waals surface area contributed by atoms with E-state index in [0.29, 0.717) is 0 Å². The van der Waals surface area contributed by atoms with Crippen LogP contribution in [0.5, 0.6) is 0 Å². The Kier molecular flexibility index (Phi) is 6.76. The van der Waals surface area contributed by atoms with Crippen molar-refractivity contribution in [3.05, 3.63) is 45.1 Å². The summed E-state index contributed by atoms with van der Waals surface area (Å²) in [6.07, 6.45) is 2.17. The van der Waals surface area contributed by atoms with Crippen molar-refractivity contribution in [1.29, 1.82) is 5.26 Å². The number of hydrogen-bond donors (Lipinski definition) is 2. The Bertz CT molecular complexity index is 774. The summed E-state index contributed by atoms with van der Waals surface area (Å²) < 4.78 is 0. The van der Waals surface area contributed by atoms with Crippen LogP contribution in [-0.2, 0) is 4.79 Å². The van der Waals surface area contributed by atoms with Gasteiger partial charge in [0.05, 0.1) is 15.6 Å². The van der Waals surface area contributed by atoms with Crippen LogP contribution in [0.1, 0.15) is 41.0 Å². The zero-order chi connectivity index (χ0) is 20.1. The Hall–Kier alpha value is -2.59. The molecule has 0 aliphatic carbocycles. The Morgan fingerprint density at radius 3 is 2.46 bits per heavy atom. The van der Waals surface area contributed by atoms with E-state index in [-0.39, 0.29) is 32.9 Å². The normalized spacial score (nSPS) is 12.3. The quantitative estimate of drug-likeness (QED) is 0.330. The Labute approximate surface area is 158 Å². The minimum Gasteiger partial charge on any atom is -0.385 e. The fraction of sp³-hybridized carbons (Fsp3) is 0.444. The smallest absolute Gasteiger partial charge is 0.271 e. The predicted molar refractivity (Wildman–Crippen MR) is 102 cm³/mol. The lowest BCUT2D eigenvalue weighted by Gasteiger charge is -2.33. The maximum atomic E-state index is 12.3. The topological polar surface area (TPSA) is 108 Å². The van der Waals surface area contributed by atoms with Gasteiger partial charge in [0, 0.05) is 23.9 Å². The van der Waals surface area contributed by atoms with E-state index < -0.39 is 10.8 Å². The standard InChI is InChI=1S/C18H23ClN4O3/c1-17(2,3)11-18(4,5)21-10-12(9-20)16(24)22-15-8-13(23(25)26)6-7-14(15)19/h6-8,10,21H,11H2,1-5H3,(H,22,24)/b12-10-. The van der Waals surface area contributed by atoms with Crippen LogP contribution in [0.25, 0.3) is 0 Å². The monoisotopic (exact) mass is 378 g/mol. The second kappa shape index (κ2) is 8.19. The van der Waals surface area contributed by atoms with E-state index in [0.717, 1.165) is 12.5 Å². The molecular formula is C18H23ClN4O3. The summed E-state index contributed by atoms with van der Waals surface area (Å²) in [7, 11) is 0. The first-order valence-corrected chi connectivity index (χ1v) is 8.36. The van der Waals surface area contributed by atoms with Gasteiger partial charge in [-0.05, 0) is 31.7 Å². The van der Waals surface area contributed by atoms with Gasteiger partial charge in [-0.1, -0.05) is 32.4 Å². The van der Waals surface area contributed by atoms with E-state index in [1.54, 1.807) is 0 Å². The number of benzene rings is 1. The number of carbonyl (C=O) groups excluding carboxylic acids is 1. The van der Waals surface area contributed by atoms with Crippen molar-refractivity contribution < 1.29 is 9.72 Å². The van der Waals surface area contributed by atoms with Crippen molar-refractivity contribution in [3.63, 3.8) is 0 Å². The lowest BCUT2D eigenvalue weighted by Crippen LogP contribution is -2.39. The second-order valence-corrected chi connectivity index (χ2v) is 8.22. The summed E-state index contributed by atoms with van der Waals surface area (Å²) in [5.41, 5.74) is -0.563. The van der Waals surface area contributed by atoms with Crippen LogP contribution in [0.4, 0.5) is 11.4 Å². The number of halogens is 1. The molecule has 0 radical (unpaired) electrons. The highest BCUT2D eigenvalue weighted by Gasteiger charge is 2.25. The van der Waals surface area contributed by atoms with E-state index in [2.05, 4.69) is 31.4 Å². The molecule has 0 aliphatic heterocycles. The Balaban J connectivity index is 2.95. The maximum Gasteiger partial charge on any atom is 0.271 e. The molecule has 0 heterocycles. The highest BCUT2D eigenvalue weighted by atomic mass is 35.5. The maximum absolute atomic E-state index is 12.3. The first kappa shape index (κ1) is 21.5. The van der Waals surface area contributed by atoms with Gasteiger partial charge in [-0.3, -0.25) is 14.9 Å². The molecule has 1 amide bonds. The number of nitrogens with one attached hydrogen (secondary N) is 2. The van der Waals surface area contributed by atoms with Crippen LogP contribution in [0.2, 0.25) is 5.02 Å². The van der Waals surface area contributed by atoms with E-state index in [4.69, 9.17) is 11.6 Å². The van der Waals surface area contributed by atoms with Crippen LogP contribution < -0.4 is 10.6 Å². The number of rotatable bonds is 6. The summed E-state index contributed by atoms with van der Waals surface area (Å²) in [6, 6.07) is 5.52. The summed E-state index contributed by atoms with van der Waals surface area (Å²) >= 11 is 5.96. The number of amides is 1. The summed E-state index contributed by atoms with van der Waals surface area (Å²) in [5.74, 6) is -0.700. The summed E-state index contributed by atoms with van der Waals surface area (Å²) in [5, 5.41) is 25.8. The van der Waals surface area contributed by atoms with Crippen molar-refractivity contribution in [2.24, 2.45) is 5.41 Å². The summed E-state index contributed by atoms with van der Waals surface area (Å²) in [6.45, 7) is 10.2. The van der Waals surface area contributed by atoms with E-state index >= 15 is 0 Å². The molecule has 1 aromatic rings. The number of nitro benzene ring substituents is 1. The van der Waals surface area contributed by atoms with Crippen molar-refractivity contribution in [1.82, 2.24) is 5.32 Å². The molecule has 1 rings (SSSR count). The largest absolute Gasteiger partial charge is 0.385 e. The molecule has 0 saturated heterocycles. The molecule has 0 spiro atoms. The third kappa shape index (κ3) is 6.73. The van der Waals surface area contributed by atoms with Gasteiger partial charge in [0.2, 0.25) is 0 Å². The average molecular weight is 379 g/mol. The fourth-order valence-corrected chi connectivity index (χ4v) is 2.87. The molecule has 26 heavy (non-hydrogen) atoms. The number of nitro groups is 1. The van der Waals surface area contributed by atoms with E-state index in [9.17, 15) is 20.2 Å². The summed E-state index contributed by atoms with van der Waals surface area (Å²) in [4.78, 5) is 22.6. The van der Waals surface area contributed by atoms with Crippen molar-refractivity contribution in [2.75, 3.05) is 5.32 Å². The lowest BCUT2D eigenvalue weighted by molar-refractivity contribution is -0.384. The van der Waals surface area contributed by atoms with Gasteiger partial charge in [0.25, 0.3) is 11.6 Å². The zero-order valence-electron chi connectivity index (χ0n) is 15.5. The van der Waals surface area contributed by atoms with Crippen molar-refractivity contribution >= 4 is 28.9 Å². The van der Waals surface area contributed by atoms with Gasteiger partial charge < -0.3 is 10.6 Å². The highest BCUT2D eigenvalue weighted by Crippen LogP contribution is 2.28. The fourth-order valence-electron chi connectivity index (χ4n) is 2.71. The van der Waals surface area contributed by atoms with Gasteiger partial charge >= 0.3 is 0 Å². The molecule has 0 aliphatic rings. The minimum atomic E-state index is -0.700. The number of nitrogens with zero attached hydrogens (tertiary/aromatic N) is 2. The van der Waals surface area contributed by atoms with Crippen molar-refractivity contribution in [2.45, 2.75) is 46.6 Å². The molecule has 0 atom stereocenters. The number of anilines is 1. The molecule has 0 unspecified atom stereocenters. The third-order valence-corrected chi connectivity index (χ3v) is 3.68. The van der Waals surface area contributed by atoms with Gasteiger partial charge in [-0.15, -0.1) is 0 Å². The van der Waals surface area contributed by atoms with Crippen LogP contribution in [0.15, 0.2) is 30.0 Å². The molecule has 0 bridgehead atoms. The first-order chi connectivity index (χ1) is 11.8. The number of hydrogen-bond acceptors (Lipinski definition) is 5. The van der Waals surface area contributed by atoms with Crippen molar-refractivity contribution in [3.8, 4) is 6.07 Å².